The summed E-state index contributed by atoms with van der Waals surface area (Å²) in [5, 5.41) is 2.73. The van der Waals surface area contributed by atoms with Crippen molar-refractivity contribution in [3.05, 3.63) is 39.6 Å². The number of anilines is 1. The molecule has 0 saturated carbocycles. The number of nitrogens with one attached hydrogen (secondary N) is 1. The number of aryl methyl sites for hydroxylation is 1. The van der Waals surface area contributed by atoms with Gasteiger partial charge in [-0.15, -0.1) is 11.3 Å². The predicted molar refractivity (Wildman–Crippen MR) is 107 cm³/mol. The first-order chi connectivity index (χ1) is 13.1. The molecule has 1 N–H and O–H groups in total. The molecule has 2 aliphatic rings. The third kappa shape index (κ3) is 3.86. The molecule has 0 spiro atoms. The fourth-order valence-electron chi connectivity index (χ4n) is 3.34. The van der Waals surface area contributed by atoms with Crippen LogP contribution >= 0.6 is 11.3 Å². The lowest BCUT2D eigenvalue weighted by molar-refractivity contribution is -0.119. The lowest BCUT2D eigenvalue weighted by Crippen LogP contribution is -2.20. The van der Waals surface area contributed by atoms with Crippen molar-refractivity contribution in [2.75, 3.05) is 11.9 Å². The summed E-state index contributed by atoms with van der Waals surface area (Å²) < 4.78 is 13.5. The molecule has 2 aromatic rings. The molecule has 1 aromatic carbocycles. The van der Waals surface area contributed by atoms with E-state index in [-0.39, 0.29) is 6.61 Å². The molecule has 0 unspecified atom stereocenters. The number of hydrogen-bond donors (Lipinski definition) is 1. The quantitative estimate of drug-likeness (QED) is 0.625. The van der Waals surface area contributed by atoms with E-state index in [0.29, 0.717) is 22.2 Å². The van der Waals surface area contributed by atoms with Gasteiger partial charge < -0.3 is 10.1 Å². The molecule has 0 fully saturated rings. The van der Waals surface area contributed by atoms with E-state index in [1.54, 1.807) is 12.1 Å². The van der Waals surface area contributed by atoms with Crippen molar-refractivity contribution >= 4 is 51.6 Å². The van der Waals surface area contributed by atoms with Gasteiger partial charge in [0.2, 0.25) is 0 Å². The van der Waals surface area contributed by atoms with Crippen molar-refractivity contribution in [3.63, 3.8) is 0 Å². The molecule has 6 nitrogen and oxygen atoms in total. The second-order valence-electron chi connectivity index (χ2n) is 6.64. The molecule has 0 saturated heterocycles. The molecule has 4 rings (SSSR count). The summed E-state index contributed by atoms with van der Waals surface area (Å²) in [6.07, 6.45) is 4.40. The Hall–Kier alpha value is -2.32. The van der Waals surface area contributed by atoms with Crippen LogP contribution in [0.1, 0.15) is 39.9 Å². The van der Waals surface area contributed by atoms with Gasteiger partial charge in [0, 0.05) is 4.88 Å². The number of esters is 1. The van der Waals surface area contributed by atoms with Gasteiger partial charge in [0.15, 0.2) is 6.61 Å². The molecule has 1 aliphatic heterocycles. The van der Waals surface area contributed by atoms with Crippen molar-refractivity contribution in [2.24, 2.45) is 14.6 Å². The van der Waals surface area contributed by atoms with Crippen LogP contribution in [0.5, 0.6) is 0 Å². The maximum atomic E-state index is 12.3. The first-order valence-corrected chi connectivity index (χ1v) is 10.5. The molecule has 27 heavy (non-hydrogen) atoms. The van der Waals surface area contributed by atoms with Crippen LogP contribution in [0.15, 0.2) is 33.0 Å². The van der Waals surface area contributed by atoms with Crippen molar-refractivity contribution in [2.45, 2.75) is 32.6 Å². The Labute approximate surface area is 164 Å². The van der Waals surface area contributed by atoms with Crippen LogP contribution in [0.25, 0.3) is 0 Å². The fraction of sp³-hybridized carbons (Fsp3) is 0.368. The second kappa shape index (κ2) is 7.74. The monoisotopic (exact) mass is 401 g/mol. The summed E-state index contributed by atoms with van der Waals surface area (Å²) in [5.41, 5.74) is 3.19. The number of rotatable bonds is 5. The Morgan fingerprint density at radius 1 is 1.33 bits per heavy atom. The molecule has 0 bridgehead atoms. The maximum Gasteiger partial charge on any atom is 0.348 e. The van der Waals surface area contributed by atoms with E-state index in [1.807, 2.05) is 12.1 Å². The molecule has 1 aromatic heterocycles. The Morgan fingerprint density at radius 2 is 2.22 bits per heavy atom. The minimum atomic E-state index is -0.439. The molecule has 8 heteroatoms. The minimum absolute atomic E-state index is 0.326. The van der Waals surface area contributed by atoms with Gasteiger partial charge in [-0.25, -0.2) is 4.79 Å². The minimum Gasteiger partial charge on any atom is -0.451 e. The van der Waals surface area contributed by atoms with Crippen LogP contribution in [0.3, 0.4) is 0 Å². The van der Waals surface area contributed by atoms with E-state index in [4.69, 9.17) is 4.74 Å². The number of fused-ring (bicyclic) bond motifs is 2. The third-order valence-electron chi connectivity index (χ3n) is 4.86. The van der Waals surface area contributed by atoms with Gasteiger partial charge in [-0.3, -0.25) is 4.79 Å². The first kappa shape index (κ1) is 18.1. The van der Waals surface area contributed by atoms with E-state index in [9.17, 15) is 9.59 Å². The third-order valence-corrected chi connectivity index (χ3v) is 6.62. The summed E-state index contributed by atoms with van der Waals surface area (Å²) in [6.45, 7) is 1.88. The summed E-state index contributed by atoms with van der Waals surface area (Å²) in [6, 6.07) is 7.31. The predicted octanol–water partition coefficient (Wildman–Crippen LogP) is 4.78. The van der Waals surface area contributed by atoms with Crippen LogP contribution in [-0.4, -0.2) is 18.5 Å². The number of ether oxygens (including phenoxy) is 1. The molecule has 1 aliphatic carbocycles. The summed E-state index contributed by atoms with van der Waals surface area (Å²) >= 11 is 2.58. The highest BCUT2D eigenvalue weighted by molar-refractivity contribution is 7.58. The molecule has 1 amide bonds. The Balaban J connectivity index is 1.35. The van der Waals surface area contributed by atoms with E-state index in [1.165, 1.54) is 28.2 Å². The normalized spacial score (nSPS) is 17.0. The largest absolute Gasteiger partial charge is 0.451 e. The highest BCUT2D eigenvalue weighted by atomic mass is 32.1. The van der Waals surface area contributed by atoms with Gasteiger partial charge in [-0.1, -0.05) is 19.4 Å². The van der Waals surface area contributed by atoms with E-state index in [2.05, 4.69) is 21.0 Å². The van der Waals surface area contributed by atoms with E-state index < -0.39 is 11.9 Å². The van der Waals surface area contributed by atoms with E-state index >= 15 is 0 Å². The van der Waals surface area contributed by atoms with Gasteiger partial charge >= 0.3 is 5.97 Å². The Morgan fingerprint density at radius 3 is 3.07 bits per heavy atom. The molecule has 1 atom stereocenters. The number of thiophene rings is 1. The zero-order valence-electron chi connectivity index (χ0n) is 14.9. The average molecular weight is 402 g/mol. The molecule has 0 radical (unpaired) electrons. The second-order valence-corrected chi connectivity index (χ2v) is 8.30. The van der Waals surface area contributed by atoms with Crippen LogP contribution in [0, 0.1) is 5.92 Å². The van der Waals surface area contributed by atoms with Crippen molar-refractivity contribution in [1.29, 1.82) is 0 Å². The van der Waals surface area contributed by atoms with Crippen molar-refractivity contribution in [3.8, 4) is 0 Å². The lowest BCUT2D eigenvalue weighted by atomic mass is 9.87. The number of benzene rings is 1. The van der Waals surface area contributed by atoms with Gasteiger partial charge in [-0.05, 0) is 48.9 Å². The van der Waals surface area contributed by atoms with E-state index in [0.717, 1.165) is 36.3 Å². The first-order valence-electron chi connectivity index (χ1n) is 8.94. The lowest BCUT2D eigenvalue weighted by Gasteiger charge is -2.19. The Bertz CT molecular complexity index is 977. The number of carbonyl (C=O) groups excluding carboxylic acids is 2. The summed E-state index contributed by atoms with van der Waals surface area (Å²) in [4.78, 5) is 26.3. The van der Waals surface area contributed by atoms with Crippen LogP contribution in [0.4, 0.5) is 17.1 Å². The number of amides is 1. The van der Waals surface area contributed by atoms with Crippen LogP contribution in [0.2, 0.25) is 0 Å². The molecule has 2 heterocycles. The maximum absolute atomic E-state index is 12.3. The summed E-state index contributed by atoms with van der Waals surface area (Å²) in [7, 11) is 0. The van der Waals surface area contributed by atoms with Crippen LogP contribution < -0.4 is 5.32 Å². The highest BCUT2D eigenvalue weighted by Gasteiger charge is 2.23. The topological polar surface area (TPSA) is 80.1 Å². The van der Waals surface area contributed by atoms with Gasteiger partial charge in [0.1, 0.15) is 16.3 Å². The zero-order chi connectivity index (χ0) is 18.8. The number of hydrogen-bond acceptors (Lipinski definition) is 6. The molecular weight excluding hydrogens is 382 g/mol. The van der Waals surface area contributed by atoms with Crippen LogP contribution in [-0.2, 0) is 33.7 Å². The van der Waals surface area contributed by atoms with Crippen molar-refractivity contribution < 1.29 is 14.3 Å². The molecular formula is C19H19N3O3S2. The number of nitrogens with zero attached hydrogens (tertiary/aromatic N) is 2. The smallest absolute Gasteiger partial charge is 0.348 e. The average Bonchev–Trinajstić information content (AvgIpc) is 3.32. The Kier molecular flexibility index (Phi) is 5.18. The van der Waals surface area contributed by atoms with Gasteiger partial charge in [-0.2, -0.15) is 8.73 Å². The van der Waals surface area contributed by atoms with Gasteiger partial charge in [0.25, 0.3) is 5.91 Å². The number of carbonyl (C=O) groups is 2. The fourth-order valence-corrected chi connectivity index (χ4v) is 5.00. The summed E-state index contributed by atoms with van der Waals surface area (Å²) in [5.74, 6) is -0.132. The standard InChI is InChI=1S/C19H19N3O3S2/c1-2-11-6-7-15-12(8-11)9-16(26-15)19(24)25-10-17(23)20-13-4-3-5-14-18(13)22-27-21-14/h3-5,9,11H,2,6-8,10H2,1H3,(H,20,23)/t11-/m0/s1. The SMILES string of the molecule is CC[C@H]1CCc2sc(C(=O)OCC(=O)Nc3cccc4c3N=S=N4)cc2C1. The van der Waals surface area contributed by atoms with Gasteiger partial charge in [0.05, 0.1) is 17.0 Å². The van der Waals surface area contributed by atoms with Crippen molar-refractivity contribution in [1.82, 2.24) is 0 Å². The molecule has 140 valence electrons. The highest BCUT2D eigenvalue weighted by Crippen LogP contribution is 2.38. The zero-order valence-corrected chi connectivity index (χ0v) is 16.5.